The van der Waals surface area contributed by atoms with E-state index in [0.717, 1.165) is 12.0 Å². The Hall–Kier alpha value is -2.01. The quantitative estimate of drug-likeness (QED) is 0.568. The number of fused-ring (bicyclic) bond motifs is 2. The molecule has 0 bridgehead atoms. The van der Waals surface area contributed by atoms with Gasteiger partial charge in [0, 0.05) is 11.5 Å². The molecule has 0 aliphatic heterocycles. The molecule has 0 fully saturated rings. The Morgan fingerprint density at radius 1 is 0.880 bits per heavy atom. The molecule has 0 aromatic heterocycles. The van der Waals surface area contributed by atoms with Crippen LogP contribution in [0.2, 0.25) is 0 Å². The van der Waals surface area contributed by atoms with Gasteiger partial charge in [0.2, 0.25) is 0 Å². The van der Waals surface area contributed by atoms with E-state index in [0.29, 0.717) is 11.2 Å². The molecule has 4 rings (SSSR count). The van der Waals surface area contributed by atoms with E-state index in [1.165, 1.54) is 18.4 Å². The van der Waals surface area contributed by atoms with Gasteiger partial charge in [-0.05, 0) is 41.4 Å². The smallest absolute Gasteiger partial charge is 0.166 e. The van der Waals surface area contributed by atoms with Gasteiger partial charge in [0.25, 0.3) is 0 Å². The fraction of sp³-hybridized carbons (Fsp3) is 0.381. The largest absolute Gasteiger partial charge is 0.412 e. The second-order valence-corrected chi connectivity index (χ2v) is 7.41. The number of carbonyl (C=O) groups is 1. The van der Waals surface area contributed by atoms with Gasteiger partial charge in [-0.2, -0.15) is 0 Å². The standard InChI is InChI=1S/C11H14.C10H10O.H4N2.H2O/c1-11(2)7-9-5-3-4-6-10(9)8-11;1-7-6-8-4-2-3-5-9(8)10(7)11;1-2;/h3-6H,7-8H2,1-2H3;2-5,7H,6H2,1H3;1-2H2;1H2. The van der Waals surface area contributed by atoms with Gasteiger partial charge in [-0.25, -0.2) is 0 Å². The van der Waals surface area contributed by atoms with Crippen molar-refractivity contribution in [2.45, 2.75) is 40.0 Å². The zero-order valence-corrected chi connectivity index (χ0v) is 15.4. The van der Waals surface area contributed by atoms with E-state index in [4.69, 9.17) is 0 Å². The number of nitrogens with two attached hydrogens (primary N) is 2. The Labute approximate surface area is 150 Å². The van der Waals surface area contributed by atoms with Crippen molar-refractivity contribution in [3.8, 4) is 0 Å². The van der Waals surface area contributed by atoms with E-state index in [1.807, 2.05) is 31.2 Å². The van der Waals surface area contributed by atoms with Gasteiger partial charge in [0.15, 0.2) is 5.78 Å². The molecule has 0 spiro atoms. The molecular weight excluding hydrogens is 312 g/mol. The number of carbonyl (C=O) groups excluding carboxylic acids is 1. The fourth-order valence-corrected chi connectivity index (χ4v) is 3.62. The minimum absolute atomic E-state index is 0. The summed E-state index contributed by atoms with van der Waals surface area (Å²) in [6, 6.07) is 16.7. The average Bonchev–Trinajstić information content (AvgIpc) is 3.05. The van der Waals surface area contributed by atoms with Crippen molar-refractivity contribution in [2.75, 3.05) is 0 Å². The Bertz CT molecular complexity index is 684. The molecule has 2 aliphatic rings. The van der Waals surface area contributed by atoms with Crippen molar-refractivity contribution < 1.29 is 10.3 Å². The van der Waals surface area contributed by atoms with Crippen molar-refractivity contribution >= 4 is 5.78 Å². The van der Waals surface area contributed by atoms with Crippen molar-refractivity contribution in [3.63, 3.8) is 0 Å². The fourth-order valence-electron chi connectivity index (χ4n) is 3.62. The Kier molecular flexibility index (Phi) is 7.49. The molecule has 0 heterocycles. The molecule has 6 N–H and O–H groups in total. The van der Waals surface area contributed by atoms with Gasteiger partial charge in [0.1, 0.15) is 0 Å². The third-order valence-electron chi connectivity index (χ3n) is 4.71. The lowest BCUT2D eigenvalue weighted by Gasteiger charge is -2.14. The maximum absolute atomic E-state index is 11.4. The number of hydrazine groups is 1. The monoisotopic (exact) mass is 342 g/mol. The van der Waals surface area contributed by atoms with Gasteiger partial charge in [-0.3, -0.25) is 16.5 Å². The van der Waals surface area contributed by atoms with Crippen LogP contribution < -0.4 is 11.7 Å². The first-order valence-corrected chi connectivity index (χ1v) is 8.48. The highest BCUT2D eigenvalue weighted by Gasteiger charge is 2.27. The number of Topliss-reactive ketones (excluding diaryl/α,β-unsaturated/α-hetero) is 1. The highest BCUT2D eigenvalue weighted by molar-refractivity contribution is 6.01. The second-order valence-electron chi connectivity index (χ2n) is 7.41. The van der Waals surface area contributed by atoms with Crippen LogP contribution in [-0.4, -0.2) is 11.3 Å². The third kappa shape index (κ3) is 4.98. The van der Waals surface area contributed by atoms with Gasteiger partial charge >= 0.3 is 0 Å². The van der Waals surface area contributed by atoms with Crippen LogP contribution in [0.3, 0.4) is 0 Å². The molecule has 0 saturated carbocycles. The van der Waals surface area contributed by atoms with Crippen LogP contribution in [0.5, 0.6) is 0 Å². The summed E-state index contributed by atoms with van der Waals surface area (Å²) in [5.41, 5.74) is 5.75. The normalized spacial score (nSPS) is 18.6. The van der Waals surface area contributed by atoms with Gasteiger partial charge in [-0.1, -0.05) is 69.3 Å². The molecule has 1 atom stereocenters. The van der Waals surface area contributed by atoms with Gasteiger partial charge in [-0.15, -0.1) is 0 Å². The molecule has 1 unspecified atom stereocenters. The lowest BCUT2D eigenvalue weighted by Crippen LogP contribution is -2.09. The van der Waals surface area contributed by atoms with E-state index >= 15 is 0 Å². The summed E-state index contributed by atoms with van der Waals surface area (Å²) in [5.74, 6) is 8.51. The van der Waals surface area contributed by atoms with Crippen molar-refractivity contribution in [1.82, 2.24) is 0 Å². The molecule has 4 heteroatoms. The van der Waals surface area contributed by atoms with E-state index < -0.39 is 0 Å². The van der Waals surface area contributed by atoms with Crippen LogP contribution >= 0.6 is 0 Å². The predicted octanol–water partition coefficient (Wildman–Crippen LogP) is 2.87. The average molecular weight is 342 g/mol. The van der Waals surface area contributed by atoms with Crippen LogP contribution in [-0.2, 0) is 19.3 Å². The summed E-state index contributed by atoms with van der Waals surface area (Å²) >= 11 is 0. The van der Waals surface area contributed by atoms with Crippen LogP contribution in [0, 0.1) is 11.3 Å². The van der Waals surface area contributed by atoms with E-state index in [2.05, 4.69) is 49.8 Å². The van der Waals surface area contributed by atoms with Crippen LogP contribution in [0.4, 0.5) is 0 Å². The maximum atomic E-state index is 11.4. The summed E-state index contributed by atoms with van der Waals surface area (Å²) in [5, 5.41) is 0. The second kappa shape index (κ2) is 8.90. The van der Waals surface area contributed by atoms with Crippen molar-refractivity contribution in [3.05, 3.63) is 70.8 Å². The van der Waals surface area contributed by atoms with Crippen molar-refractivity contribution in [2.24, 2.45) is 23.0 Å². The predicted molar refractivity (Wildman–Crippen MR) is 103 cm³/mol. The van der Waals surface area contributed by atoms with Crippen LogP contribution in [0.25, 0.3) is 0 Å². The van der Waals surface area contributed by atoms with Gasteiger partial charge < -0.3 is 5.48 Å². The molecule has 2 aromatic rings. The zero-order valence-electron chi connectivity index (χ0n) is 15.4. The van der Waals surface area contributed by atoms with E-state index in [1.54, 1.807) is 11.1 Å². The summed E-state index contributed by atoms with van der Waals surface area (Å²) in [6.45, 7) is 6.67. The summed E-state index contributed by atoms with van der Waals surface area (Å²) in [7, 11) is 0. The molecule has 2 aromatic carbocycles. The Balaban J connectivity index is 0.000000220. The summed E-state index contributed by atoms with van der Waals surface area (Å²) < 4.78 is 0. The molecule has 4 nitrogen and oxygen atoms in total. The van der Waals surface area contributed by atoms with Crippen molar-refractivity contribution in [1.29, 1.82) is 0 Å². The Morgan fingerprint density at radius 3 is 1.80 bits per heavy atom. The molecular formula is C21H30N2O2. The summed E-state index contributed by atoms with van der Waals surface area (Å²) in [4.78, 5) is 11.4. The third-order valence-corrected chi connectivity index (χ3v) is 4.71. The molecule has 0 radical (unpaired) electrons. The number of hydrogen-bond donors (Lipinski definition) is 2. The van der Waals surface area contributed by atoms with E-state index in [-0.39, 0.29) is 11.4 Å². The topological polar surface area (TPSA) is 101 Å². The van der Waals surface area contributed by atoms with Crippen LogP contribution in [0.1, 0.15) is 47.8 Å². The minimum atomic E-state index is 0. The molecule has 136 valence electrons. The maximum Gasteiger partial charge on any atom is 0.166 e. The lowest BCUT2D eigenvalue weighted by atomic mass is 9.90. The Morgan fingerprint density at radius 2 is 1.32 bits per heavy atom. The molecule has 0 amide bonds. The number of ketones is 1. The first-order chi connectivity index (χ1) is 11.5. The first-order valence-electron chi connectivity index (χ1n) is 8.48. The first kappa shape index (κ1) is 21.0. The highest BCUT2D eigenvalue weighted by atomic mass is 16.1. The summed E-state index contributed by atoms with van der Waals surface area (Å²) in [6.07, 6.45) is 3.43. The number of benzene rings is 2. The molecule has 0 saturated heterocycles. The minimum Gasteiger partial charge on any atom is -0.412 e. The van der Waals surface area contributed by atoms with E-state index in [9.17, 15) is 4.79 Å². The molecule has 25 heavy (non-hydrogen) atoms. The number of rotatable bonds is 0. The highest BCUT2D eigenvalue weighted by Crippen LogP contribution is 2.35. The zero-order chi connectivity index (χ0) is 17.7. The van der Waals surface area contributed by atoms with Crippen LogP contribution in [0.15, 0.2) is 48.5 Å². The van der Waals surface area contributed by atoms with Gasteiger partial charge in [0.05, 0.1) is 0 Å². The number of hydrogen-bond acceptors (Lipinski definition) is 3. The lowest BCUT2D eigenvalue weighted by molar-refractivity contribution is 0.0946. The SMILES string of the molecule is CC1(C)Cc2ccccc2C1.CC1Cc2ccccc2C1=O.NN.O. The molecule has 2 aliphatic carbocycles.